The lowest BCUT2D eigenvalue weighted by Crippen LogP contribution is -2.51. The van der Waals surface area contributed by atoms with E-state index in [0.717, 1.165) is 31.9 Å². The number of nitrogens with one attached hydrogen (secondary N) is 2. The van der Waals surface area contributed by atoms with E-state index in [9.17, 15) is 14.3 Å². The number of halogens is 1. The first-order valence-electron chi connectivity index (χ1n) is 11.1. The monoisotopic (exact) mass is 447 g/mol. The van der Waals surface area contributed by atoms with Gasteiger partial charge in [-0.25, -0.2) is 19.3 Å². The van der Waals surface area contributed by atoms with Gasteiger partial charge in [0.15, 0.2) is 11.6 Å². The Bertz CT molecular complexity index is 1330. The van der Waals surface area contributed by atoms with Crippen LogP contribution in [0.3, 0.4) is 0 Å². The molecule has 2 bridgehead atoms. The maximum atomic E-state index is 13.9. The number of aliphatic carboxylic acids is 1. The van der Waals surface area contributed by atoms with E-state index in [1.54, 1.807) is 30.7 Å². The van der Waals surface area contributed by atoms with Crippen LogP contribution in [0.2, 0.25) is 0 Å². The molecular formula is C24H22FN5O3. The largest absolute Gasteiger partial charge is 0.481 e. The number of fused-ring (bicyclic) bond motifs is 4. The van der Waals surface area contributed by atoms with Gasteiger partial charge < -0.3 is 19.8 Å². The smallest absolute Gasteiger partial charge is 0.308 e. The highest BCUT2D eigenvalue weighted by atomic mass is 19.1. The Balaban J connectivity index is 1.45. The average molecular weight is 447 g/mol. The minimum absolute atomic E-state index is 0.179. The van der Waals surface area contributed by atoms with Gasteiger partial charge in [-0.15, -0.1) is 0 Å². The Morgan fingerprint density at radius 1 is 1.18 bits per heavy atom. The van der Waals surface area contributed by atoms with E-state index in [2.05, 4.69) is 20.3 Å². The summed E-state index contributed by atoms with van der Waals surface area (Å²) in [6, 6.07) is 6.54. The Morgan fingerprint density at radius 3 is 2.76 bits per heavy atom. The number of carboxylic acids is 1. The fraction of sp³-hybridized carbons (Fsp3) is 0.333. The van der Waals surface area contributed by atoms with Crippen LogP contribution in [0.1, 0.15) is 25.7 Å². The number of aromatic amines is 1. The first-order chi connectivity index (χ1) is 16.1. The van der Waals surface area contributed by atoms with Gasteiger partial charge in [0, 0.05) is 29.3 Å². The van der Waals surface area contributed by atoms with Crippen molar-refractivity contribution < 1.29 is 18.7 Å². The van der Waals surface area contributed by atoms with E-state index in [0.29, 0.717) is 39.7 Å². The summed E-state index contributed by atoms with van der Waals surface area (Å²) in [5, 5.41) is 13.9. The Morgan fingerprint density at radius 2 is 2.00 bits per heavy atom. The van der Waals surface area contributed by atoms with Crippen LogP contribution in [-0.4, -0.2) is 37.1 Å². The third-order valence-corrected chi connectivity index (χ3v) is 7.06. The molecule has 4 heterocycles. The second-order valence-electron chi connectivity index (χ2n) is 8.90. The van der Waals surface area contributed by atoms with E-state index >= 15 is 0 Å². The van der Waals surface area contributed by atoms with Crippen molar-refractivity contribution in [3.63, 3.8) is 0 Å². The zero-order valence-electron chi connectivity index (χ0n) is 17.7. The molecule has 0 spiro atoms. The number of rotatable bonds is 5. The number of hydrogen-bond donors (Lipinski definition) is 3. The summed E-state index contributed by atoms with van der Waals surface area (Å²) >= 11 is 0. The molecule has 0 unspecified atom stereocenters. The highest BCUT2D eigenvalue weighted by Crippen LogP contribution is 2.46. The molecular weight excluding hydrogens is 425 g/mol. The van der Waals surface area contributed by atoms with Gasteiger partial charge in [0.2, 0.25) is 0 Å². The van der Waals surface area contributed by atoms with Crippen molar-refractivity contribution in [2.45, 2.75) is 31.7 Å². The lowest BCUT2D eigenvalue weighted by Gasteiger charge is -2.47. The van der Waals surface area contributed by atoms with Crippen molar-refractivity contribution in [2.24, 2.45) is 17.8 Å². The normalized spacial score (nSPS) is 24.3. The standard InChI is InChI=1S/C24H22FN5O3/c25-14-8-15-16(11-27-22(15)26-10-14)23-28-17(18-2-1-7-33-18)9-19(30-23)29-21-13-5-3-12(4-6-13)20(21)24(31)32/h1-2,7-13,20-21H,3-6H2,(H,26,27)(H,31,32)(H,28,29,30)/t12?,13?,20-,21-/m0/s1. The molecule has 0 aliphatic heterocycles. The Hall–Kier alpha value is -3.75. The molecule has 0 saturated heterocycles. The van der Waals surface area contributed by atoms with Gasteiger partial charge in [-0.2, -0.15) is 0 Å². The van der Waals surface area contributed by atoms with E-state index in [-0.39, 0.29) is 17.9 Å². The number of nitrogens with zero attached hydrogens (tertiary/aromatic N) is 3. The summed E-state index contributed by atoms with van der Waals surface area (Å²) in [5.74, 6) is 0.255. The van der Waals surface area contributed by atoms with Crippen LogP contribution in [0.25, 0.3) is 33.9 Å². The number of hydrogen-bond acceptors (Lipinski definition) is 6. The predicted octanol–water partition coefficient (Wildman–Crippen LogP) is 4.72. The maximum absolute atomic E-state index is 13.9. The Kier molecular flexibility index (Phi) is 4.63. The number of furan rings is 1. The first-order valence-corrected chi connectivity index (χ1v) is 11.1. The van der Waals surface area contributed by atoms with E-state index < -0.39 is 17.7 Å². The lowest BCUT2D eigenvalue weighted by atomic mass is 9.61. The molecule has 0 aromatic carbocycles. The summed E-state index contributed by atoms with van der Waals surface area (Å²) in [6.07, 6.45) is 8.37. The molecule has 0 amide bonds. The van der Waals surface area contributed by atoms with Crippen LogP contribution < -0.4 is 5.32 Å². The number of pyridine rings is 1. The van der Waals surface area contributed by atoms with Crippen LogP contribution in [0.4, 0.5) is 10.2 Å². The minimum Gasteiger partial charge on any atom is -0.481 e. The molecule has 3 fully saturated rings. The SMILES string of the molecule is O=C(O)[C@H]1C2CCC(CC2)[C@@H]1Nc1cc(-c2ccco2)nc(-c2c[nH]c3ncc(F)cc23)n1. The van der Waals surface area contributed by atoms with Crippen molar-refractivity contribution in [1.82, 2.24) is 19.9 Å². The summed E-state index contributed by atoms with van der Waals surface area (Å²) in [5.41, 5.74) is 1.69. The van der Waals surface area contributed by atoms with Crippen LogP contribution >= 0.6 is 0 Å². The lowest BCUT2D eigenvalue weighted by molar-refractivity contribution is -0.148. The molecule has 8 nitrogen and oxygen atoms in total. The summed E-state index contributed by atoms with van der Waals surface area (Å²) in [4.78, 5) is 28.6. The highest BCUT2D eigenvalue weighted by molar-refractivity contribution is 5.92. The van der Waals surface area contributed by atoms with Crippen molar-refractivity contribution in [2.75, 3.05) is 5.32 Å². The molecule has 3 aliphatic carbocycles. The topological polar surface area (TPSA) is 117 Å². The second-order valence-corrected chi connectivity index (χ2v) is 8.90. The minimum atomic E-state index is -0.763. The molecule has 3 N–H and O–H groups in total. The van der Waals surface area contributed by atoms with Gasteiger partial charge in [0.1, 0.15) is 23.0 Å². The van der Waals surface area contributed by atoms with E-state index in [1.165, 1.54) is 6.07 Å². The fourth-order valence-electron chi connectivity index (χ4n) is 5.54. The quantitative estimate of drug-likeness (QED) is 0.405. The number of H-pyrrole nitrogens is 1. The van der Waals surface area contributed by atoms with Gasteiger partial charge in [0.25, 0.3) is 0 Å². The molecule has 33 heavy (non-hydrogen) atoms. The van der Waals surface area contributed by atoms with Gasteiger partial charge in [0.05, 0.1) is 18.4 Å². The van der Waals surface area contributed by atoms with Gasteiger partial charge >= 0.3 is 5.97 Å². The molecule has 4 aromatic rings. The summed E-state index contributed by atoms with van der Waals surface area (Å²) < 4.78 is 19.5. The molecule has 3 saturated carbocycles. The molecule has 0 radical (unpaired) electrons. The molecule has 168 valence electrons. The average Bonchev–Trinajstić information content (AvgIpc) is 3.49. The van der Waals surface area contributed by atoms with Crippen LogP contribution in [0, 0.1) is 23.6 Å². The van der Waals surface area contributed by atoms with Crippen LogP contribution in [0.15, 0.2) is 47.3 Å². The van der Waals surface area contributed by atoms with Crippen LogP contribution in [0.5, 0.6) is 0 Å². The fourth-order valence-corrected chi connectivity index (χ4v) is 5.54. The second kappa shape index (κ2) is 7.68. The van der Waals surface area contributed by atoms with Gasteiger partial charge in [-0.1, -0.05) is 0 Å². The van der Waals surface area contributed by atoms with Gasteiger partial charge in [-0.05, 0) is 55.7 Å². The summed E-state index contributed by atoms with van der Waals surface area (Å²) in [6.45, 7) is 0. The molecule has 3 aliphatic rings. The Labute approximate surface area is 188 Å². The first kappa shape index (κ1) is 19.9. The van der Waals surface area contributed by atoms with E-state index in [4.69, 9.17) is 9.40 Å². The number of anilines is 1. The zero-order valence-corrected chi connectivity index (χ0v) is 17.7. The highest BCUT2D eigenvalue weighted by Gasteiger charge is 2.47. The van der Waals surface area contributed by atoms with E-state index in [1.807, 2.05) is 0 Å². The predicted molar refractivity (Wildman–Crippen MR) is 119 cm³/mol. The maximum Gasteiger partial charge on any atom is 0.308 e. The molecule has 9 heteroatoms. The molecule has 2 atom stereocenters. The molecule has 7 rings (SSSR count). The van der Waals surface area contributed by atoms with Crippen molar-refractivity contribution in [3.05, 3.63) is 48.7 Å². The number of carboxylic acid groups (broad SMARTS) is 1. The van der Waals surface area contributed by atoms with Crippen LogP contribution in [-0.2, 0) is 4.79 Å². The number of carbonyl (C=O) groups is 1. The van der Waals surface area contributed by atoms with Gasteiger partial charge in [-0.3, -0.25) is 4.79 Å². The van der Waals surface area contributed by atoms with Crippen molar-refractivity contribution >= 4 is 22.8 Å². The molecule has 4 aromatic heterocycles. The zero-order chi connectivity index (χ0) is 22.5. The summed E-state index contributed by atoms with van der Waals surface area (Å²) in [7, 11) is 0. The van der Waals surface area contributed by atoms with Crippen molar-refractivity contribution in [1.29, 1.82) is 0 Å². The van der Waals surface area contributed by atoms with Crippen molar-refractivity contribution in [3.8, 4) is 22.8 Å². The number of aromatic nitrogens is 4. The third kappa shape index (κ3) is 3.44. The third-order valence-electron chi connectivity index (χ3n) is 7.06.